The van der Waals surface area contributed by atoms with E-state index in [1.165, 1.54) is 0 Å². The number of carbonyl (C=O) groups is 2. The molecule has 142 valence electrons. The zero-order valence-electron chi connectivity index (χ0n) is 16.2. The van der Waals surface area contributed by atoms with Crippen molar-refractivity contribution in [3.63, 3.8) is 0 Å². The molecule has 0 aliphatic rings. The third-order valence-corrected chi connectivity index (χ3v) is 4.94. The molecule has 0 saturated carbocycles. The van der Waals surface area contributed by atoms with Gasteiger partial charge in [0, 0.05) is 5.56 Å². The van der Waals surface area contributed by atoms with Gasteiger partial charge in [-0.25, -0.2) is 4.79 Å². The van der Waals surface area contributed by atoms with Gasteiger partial charge in [-0.3, -0.25) is 4.79 Å². The average molecular weight is 373 g/mol. The number of carboxylic acid groups (broad SMARTS) is 1. The summed E-state index contributed by atoms with van der Waals surface area (Å²) in [5, 5.41) is 13.1. The number of carboxylic acids is 1. The molecule has 0 atom stereocenters. The first-order valence-electron chi connectivity index (χ1n) is 9.11. The fraction of sp³-hybridized carbons (Fsp3) is 0.167. The Labute approximate surface area is 164 Å². The lowest BCUT2D eigenvalue weighted by Crippen LogP contribution is -2.53. The van der Waals surface area contributed by atoms with Crippen molar-refractivity contribution in [3.8, 4) is 0 Å². The van der Waals surface area contributed by atoms with E-state index in [4.69, 9.17) is 0 Å². The monoisotopic (exact) mass is 373 g/mol. The number of benzene rings is 3. The van der Waals surface area contributed by atoms with Gasteiger partial charge < -0.3 is 10.4 Å². The molecule has 0 radical (unpaired) electrons. The maximum atomic E-state index is 13.3. The van der Waals surface area contributed by atoms with Gasteiger partial charge >= 0.3 is 5.97 Å². The Kier molecular flexibility index (Phi) is 5.32. The number of carbonyl (C=O) groups excluding carboxylic acids is 1. The van der Waals surface area contributed by atoms with Gasteiger partial charge in [-0.2, -0.15) is 0 Å². The Bertz CT molecular complexity index is 948. The molecule has 28 heavy (non-hydrogen) atoms. The van der Waals surface area contributed by atoms with Crippen LogP contribution in [0.3, 0.4) is 0 Å². The molecule has 0 heterocycles. The van der Waals surface area contributed by atoms with Crippen molar-refractivity contribution in [2.45, 2.75) is 26.3 Å². The van der Waals surface area contributed by atoms with E-state index < -0.39 is 17.4 Å². The fourth-order valence-electron chi connectivity index (χ4n) is 3.76. The number of amides is 1. The van der Waals surface area contributed by atoms with Crippen molar-refractivity contribution in [3.05, 3.63) is 106 Å². The van der Waals surface area contributed by atoms with Gasteiger partial charge in [-0.1, -0.05) is 78.4 Å². The highest BCUT2D eigenvalue weighted by atomic mass is 16.4. The molecule has 0 spiro atoms. The molecule has 4 heteroatoms. The molecule has 0 fully saturated rings. The standard InChI is InChI=1S/C24H23NO3/c1-16-14-17(2)21(18(3)15-16)22(26)25-24(23(27)28,19-10-6-4-7-11-19)20-12-8-5-9-13-20/h4-15H,1-3H3,(H,25,26)(H,27,28). The van der Waals surface area contributed by atoms with Gasteiger partial charge in [0.05, 0.1) is 0 Å². The summed E-state index contributed by atoms with van der Waals surface area (Å²) >= 11 is 0. The Hall–Kier alpha value is -3.40. The minimum absolute atomic E-state index is 0.412. The minimum atomic E-state index is -1.69. The second-order valence-corrected chi connectivity index (χ2v) is 7.02. The topological polar surface area (TPSA) is 66.4 Å². The van der Waals surface area contributed by atoms with Gasteiger partial charge in [0.25, 0.3) is 5.91 Å². The first kappa shape index (κ1) is 19.4. The van der Waals surface area contributed by atoms with Crippen molar-refractivity contribution in [2.24, 2.45) is 0 Å². The second-order valence-electron chi connectivity index (χ2n) is 7.02. The molecule has 2 N–H and O–H groups in total. The lowest BCUT2D eigenvalue weighted by Gasteiger charge is -2.32. The molecule has 0 aromatic heterocycles. The average Bonchev–Trinajstić information content (AvgIpc) is 2.66. The molecule has 0 bridgehead atoms. The Morgan fingerprint density at radius 1 is 0.786 bits per heavy atom. The van der Waals surface area contributed by atoms with E-state index in [1.807, 2.05) is 45.0 Å². The van der Waals surface area contributed by atoms with E-state index in [9.17, 15) is 14.7 Å². The van der Waals surface area contributed by atoms with Crippen LogP contribution in [-0.2, 0) is 10.3 Å². The van der Waals surface area contributed by atoms with Crippen LogP contribution in [0.1, 0.15) is 38.2 Å². The maximum absolute atomic E-state index is 13.3. The summed E-state index contributed by atoms with van der Waals surface area (Å²) in [4.78, 5) is 25.9. The van der Waals surface area contributed by atoms with Crippen molar-refractivity contribution < 1.29 is 14.7 Å². The third-order valence-electron chi connectivity index (χ3n) is 4.94. The Balaban J connectivity index is 2.19. The molecule has 1 amide bonds. The molecule has 4 nitrogen and oxygen atoms in total. The van der Waals surface area contributed by atoms with Crippen molar-refractivity contribution in [2.75, 3.05) is 0 Å². The van der Waals surface area contributed by atoms with Crippen LogP contribution < -0.4 is 5.32 Å². The molecular formula is C24H23NO3. The van der Waals surface area contributed by atoms with Crippen LogP contribution in [0.4, 0.5) is 0 Å². The number of rotatable bonds is 5. The number of aryl methyl sites for hydroxylation is 3. The first-order chi connectivity index (χ1) is 13.4. The molecule has 3 rings (SSSR count). The van der Waals surface area contributed by atoms with Gasteiger partial charge in [-0.05, 0) is 43.0 Å². The lowest BCUT2D eigenvalue weighted by molar-refractivity contribution is -0.143. The fourth-order valence-corrected chi connectivity index (χ4v) is 3.76. The van der Waals surface area contributed by atoms with E-state index in [0.717, 1.165) is 16.7 Å². The zero-order valence-corrected chi connectivity index (χ0v) is 16.2. The summed E-state index contributed by atoms with van der Waals surface area (Å²) in [6.07, 6.45) is 0. The summed E-state index contributed by atoms with van der Waals surface area (Å²) in [5.74, 6) is -1.55. The zero-order chi connectivity index (χ0) is 20.3. The molecular weight excluding hydrogens is 350 g/mol. The number of hydrogen-bond donors (Lipinski definition) is 2. The van der Waals surface area contributed by atoms with Crippen LogP contribution in [0.15, 0.2) is 72.8 Å². The minimum Gasteiger partial charge on any atom is -0.479 e. The number of nitrogens with one attached hydrogen (secondary N) is 1. The summed E-state index contributed by atoms with van der Waals surface area (Å²) in [6, 6.07) is 21.4. The van der Waals surface area contributed by atoms with Crippen LogP contribution in [0.5, 0.6) is 0 Å². The predicted octanol–water partition coefficient (Wildman–Crippen LogP) is 4.37. The number of hydrogen-bond acceptors (Lipinski definition) is 2. The van der Waals surface area contributed by atoms with E-state index >= 15 is 0 Å². The molecule has 3 aromatic carbocycles. The van der Waals surface area contributed by atoms with E-state index in [1.54, 1.807) is 48.5 Å². The van der Waals surface area contributed by atoms with Crippen molar-refractivity contribution in [1.82, 2.24) is 5.32 Å². The molecule has 3 aromatic rings. The smallest absolute Gasteiger partial charge is 0.338 e. The van der Waals surface area contributed by atoms with Gasteiger partial charge in [0.2, 0.25) is 0 Å². The molecule has 0 unspecified atom stereocenters. The van der Waals surface area contributed by atoms with Crippen LogP contribution >= 0.6 is 0 Å². The van der Waals surface area contributed by atoms with Gasteiger partial charge in [0.15, 0.2) is 5.54 Å². The summed E-state index contributed by atoms with van der Waals surface area (Å²) < 4.78 is 0. The Morgan fingerprint density at radius 3 is 1.61 bits per heavy atom. The molecule has 0 aliphatic carbocycles. The van der Waals surface area contributed by atoms with Gasteiger partial charge in [0.1, 0.15) is 0 Å². The highest BCUT2D eigenvalue weighted by molar-refractivity contribution is 6.01. The van der Waals surface area contributed by atoms with E-state index in [0.29, 0.717) is 16.7 Å². The van der Waals surface area contributed by atoms with Crippen molar-refractivity contribution >= 4 is 11.9 Å². The lowest BCUT2D eigenvalue weighted by atomic mass is 9.82. The summed E-state index contributed by atoms with van der Waals surface area (Å²) in [7, 11) is 0. The highest BCUT2D eigenvalue weighted by Crippen LogP contribution is 2.31. The maximum Gasteiger partial charge on any atom is 0.338 e. The third kappa shape index (κ3) is 3.41. The summed E-state index contributed by atoms with van der Waals surface area (Å²) in [5.41, 5.74) is 2.48. The predicted molar refractivity (Wildman–Crippen MR) is 109 cm³/mol. The second kappa shape index (κ2) is 7.69. The van der Waals surface area contributed by atoms with Crippen LogP contribution in [0.25, 0.3) is 0 Å². The van der Waals surface area contributed by atoms with E-state index in [-0.39, 0.29) is 0 Å². The van der Waals surface area contributed by atoms with Crippen molar-refractivity contribution in [1.29, 1.82) is 0 Å². The van der Waals surface area contributed by atoms with Crippen LogP contribution in [0.2, 0.25) is 0 Å². The first-order valence-corrected chi connectivity index (χ1v) is 9.11. The van der Waals surface area contributed by atoms with Gasteiger partial charge in [-0.15, -0.1) is 0 Å². The molecule has 0 aliphatic heterocycles. The van der Waals surface area contributed by atoms with Crippen LogP contribution in [-0.4, -0.2) is 17.0 Å². The SMILES string of the molecule is Cc1cc(C)c(C(=O)NC(C(=O)O)(c2ccccc2)c2ccccc2)c(C)c1. The molecule has 0 saturated heterocycles. The normalized spacial score (nSPS) is 11.1. The van der Waals surface area contributed by atoms with Crippen LogP contribution in [0, 0.1) is 20.8 Å². The van der Waals surface area contributed by atoms with E-state index in [2.05, 4.69) is 5.32 Å². The quantitative estimate of drug-likeness (QED) is 0.698. The highest BCUT2D eigenvalue weighted by Gasteiger charge is 2.44. The number of aliphatic carboxylic acids is 1. The Morgan fingerprint density at radius 2 is 1.21 bits per heavy atom. The summed E-state index contributed by atoms with van der Waals surface area (Å²) in [6.45, 7) is 5.70. The largest absolute Gasteiger partial charge is 0.479 e.